The Morgan fingerprint density at radius 2 is 1.76 bits per heavy atom. The molecule has 0 radical (unpaired) electrons. The van der Waals surface area contributed by atoms with Crippen LogP contribution in [0.4, 0.5) is 10.5 Å². The Bertz CT molecular complexity index is 608. The van der Waals surface area contributed by atoms with Gasteiger partial charge in [-0.3, -0.25) is 0 Å². The van der Waals surface area contributed by atoms with Crippen LogP contribution in [0.15, 0.2) is 48.5 Å². The molecule has 0 aliphatic heterocycles. The summed E-state index contributed by atoms with van der Waals surface area (Å²) < 4.78 is 0. The summed E-state index contributed by atoms with van der Waals surface area (Å²) >= 11 is 5.99. The maximum Gasteiger partial charge on any atom is 0.319 e. The molecule has 0 saturated carbocycles. The van der Waals surface area contributed by atoms with Crippen LogP contribution >= 0.6 is 11.6 Å². The van der Waals surface area contributed by atoms with E-state index in [0.29, 0.717) is 23.2 Å². The summed E-state index contributed by atoms with van der Waals surface area (Å²) in [5, 5.41) is 6.06. The van der Waals surface area contributed by atoms with E-state index in [1.165, 1.54) is 5.56 Å². The van der Waals surface area contributed by atoms with Crippen molar-refractivity contribution in [3.05, 3.63) is 64.7 Å². The van der Waals surface area contributed by atoms with Crippen LogP contribution in [0.25, 0.3) is 0 Å². The first-order chi connectivity index (χ1) is 10.1. The fourth-order valence-corrected chi connectivity index (χ4v) is 2.11. The van der Waals surface area contributed by atoms with E-state index in [2.05, 4.69) is 36.6 Å². The minimum absolute atomic E-state index is 0.268. The minimum atomic E-state index is -0.268. The van der Waals surface area contributed by atoms with E-state index >= 15 is 0 Å². The fourth-order valence-electron chi connectivity index (χ4n) is 1.93. The maximum absolute atomic E-state index is 11.8. The van der Waals surface area contributed by atoms with Crippen molar-refractivity contribution in [2.75, 3.05) is 5.32 Å². The molecule has 0 spiro atoms. The van der Waals surface area contributed by atoms with Crippen molar-refractivity contribution in [3.63, 3.8) is 0 Å². The van der Waals surface area contributed by atoms with Crippen molar-refractivity contribution in [2.24, 2.45) is 0 Å². The molecule has 0 unspecified atom stereocenters. The largest absolute Gasteiger partial charge is 0.334 e. The van der Waals surface area contributed by atoms with Gasteiger partial charge in [-0.25, -0.2) is 4.79 Å². The normalized spacial score (nSPS) is 10.5. The zero-order valence-electron chi connectivity index (χ0n) is 12.2. The molecule has 2 amide bonds. The molecule has 2 N–H and O–H groups in total. The Morgan fingerprint density at radius 1 is 1.10 bits per heavy atom. The number of rotatable bonds is 4. The molecule has 0 saturated heterocycles. The van der Waals surface area contributed by atoms with E-state index in [1.807, 2.05) is 24.3 Å². The van der Waals surface area contributed by atoms with E-state index in [4.69, 9.17) is 11.6 Å². The van der Waals surface area contributed by atoms with Gasteiger partial charge in [0.05, 0.1) is 10.7 Å². The third-order valence-electron chi connectivity index (χ3n) is 3.22. The van der Waals surface area contributed by atoms with E-state index in [0.717, 1.165) is 5.56 Å². The van der Waals surface area contributed by atoms with Crippen LogP contribution in [0.1, 0.15) is 30.9 Å². The predicted molar refractivity (Wildman–Crippen MR) is 87.8 cm³/mol. The lowest BCUT2D eigenvalue weighted by Crippen LogP contribution is -2.28. The van der Waals surface area contributed by atoms with E-state index < -0.39 is 0 Å². The summed E-state index contributed by atoms with van der Waals surface area (Å²) in [7, 11) is 0. The van der Waals surface area contributed by atoms with Gasteiger partial charge in [-0.2, -0.15) is 0 Å². The van der Waals surface area contributed by atoms with Crippen LogP contribution < -0.4 is 10.6 Å². The number of carbonyl (C=O) groups excluding carboxylic acids is 1. The molecule has 0 aliphatic rings. The molecule has 0 aliphatic carbocycles. The lowest BCUT2D eigenvalue weighted by molar-refractivity contribution is 0.251. The SMILES string of the molecule is CC(C)c1ccc(CNC(=O)Nc2ccccc2Cl)cc1. The Kier molecular flexibility index (Phi) is 5.23. The Hall–Kier alpha value is -2.00. The zero-order chi connectivity index (χ0) is 15.2. The molecular weight excluding hydrogens is 284 g/mol. The molecule has 3 nitrogen and oxygen atoms in total. The molecule has 0 atom stereocenters. The van der Waals surface area contributed by atoms with Crippen molar-refractivity contribution in [1.82, 2.24) is 5.32 Å². The van der Waals surface area contributed by atoms with Gasteiger partial charge in [0.25, 0.3) is 0 Å². The predicted octanol–water partition coefficient (Wildman–Crippen LogP) is 4.79. The van der Waals surface area contributed by atoms with Gasteiger partial charge in [0, 0.05) is 6.54 Å². The number of halogens is 1. The number of hydrogen-bond donors (Lipinski definition) is 2. The first-order valence-corrected chi connectivity index (χ1v) is 7.32. The van der Waals surface area contributed by atoms with E-state index in [9.17, 15) is 4.79 Å². The van der Waals surface area contributed by atoms with Crippen LogP contribution in [-0.4, -0.2) is 6.03 Å². The van der Waals surface area contributed by atoms with Crippen molar-refractivity contribution in [1.29, 1.82) is 0 Å². The summed E-state index contributed by atoms with van der Waals surface area (Å²) in [6, 6.07) is 15.1. The molecule has 2 aromatic carbocycles. The molecule has 0 aromatic heterocycles. The van der Waals surface area contributed by atoms with Crippen molar-refractivity contribution in [3.8, 4) is 0 Å². The standard InChI is InChI=1S/C17H19ClN2O/c1-12(2)14-9-7-13(8-10-14)11-19-17(21)20-16-6-4-3-5-15(16)18/h3-10,12H,11H2,1-2H3,(H2,19,20,21). The average molecular weight is 303 g/mol. The van der Waals surface area contributed by atoms with Crippen LogP contribution in [0, 0.1) is 0 Å². The van der Waals surface area contributed by atoms with Crippen molar-refractivity contribution < 1.29 is 4.79 Å². The van der Waals surface area contributed by atoms with Crippen LogP contribution in [-0.2, 0) is 6.54 Å². The highest BCUT2D eigenvalue weighted by Gasteiger charge is 2.05. The van der Waals surface area contributed by atoms with Gasteiger partial charge in [-0.15, -0.1) is 0 Å². The van der Waals surface area contributed by atoms with Gasteiger partial charge < -0.3 is 10.6 Å². The molecule has 4 heteroatoms. The number of carbonyl (C=O) groups is 1. The number of anilines is 1. The number of benzene rings is 2. The summed E-state index contributed by atoms with van der Waals surface area (Å²) in [6.45, 7) is 4.79. The molecule has 0 fully saturated rings. The molecule has 2 aromatic rings. The highest BCUT2D eigenvalue weighted by molar-refractivity contribution is 6.33. The first-order valence-electron chi connectivity index (χ1n) is 6.94. The van der Waals surface area contributed by atoms with Crippen LogP contribution in [0.5, 0.6) is 0 Å². The Labute approximate surface area is 130 Å². The molecule has 110 valence electrons. The molecule has 0 heterocycles. The molecule has 2 rings (SSSR count). The van der Waals surface area contributed by atoms with Gasteiger partial charge in [0.1, 0.15) is 0 Å². The second-order valence-corrected chi connectivity index (χ2v) is 5.59. The van der Waals surface area contributed by atoms with E-state index in [1.54, 1.807) is 12.1 Å². The fraction of sp³-hybridized carbons (Fsp3) is 0.235. The second kappa shape index (κ2) is 7.14. The summed E-state index contributed by atoms with van der Waals surface area (Å²) in [4.78, 5) is 11.8. The maximum atomic E-state index is 11.8. The monoisotopic (exact) mass is 302 g/mol. The van der Waals surface area contributed by atoms with Gasteiger partial charge in [0.15, 0.2) is 0 Å². The smallest absolute Gasteiger partial charge is 0.319 e. The highest BCUT2D eigenvalue weighted by atomic mass is 35.5. The average Bonchev–Trinajstić information content (AvgIpc) is 2.48. The van der Waals surface area contributed by atoms with Crippen molar-refractivity contribution in [2.45, 2.75) is 26.3 Å². The minimum Gasteiger partial charge on any atom is -0.334 e. The lowest BCUT2D eigenvalue weighted by atomic mass is 10.0. The second-order valence-electron chi connectivity index (χ2n) is 5.18. The van der Waals surface area contributed by atoms with Gasteiger partial charge in [0.2, 0.25) is 0 Å². The van der Waals surface area contributed by atoms with Gasteiger partial charge in [-0.1, -0.05) is 61.8 Å². The number of para-hydroxylation sites is 1. The summed E-state index contributed by atoms with van der Waals surface area (Å²) in [5.74, 6) is 0.510. The number of urea groups is 1. The number of amides is 2. The summed E-state index contributed by atoms with van der Waals surface area (Å²) in [5.41, 5.74) is 2.96. The number of nitrogens with one attached hydrogen (secondary N) is 2. The van der Waals surface area contributed by atoms with Crippen LogP contribution in [0.3, 0.4) is 0 Å². The molecule has 0 bridgehead atoms. The quantitative estimate of drug-likeness (QED) is 0.838. The first kappa shape index (κ1) is 15.4. The topological polar surface area (TPSA) is 41.1 Å². The molecule has 21 heavy (non-hydrogen) atoms. The van der Waals surface area contributed by atoms with Gasteiger partial charge >= 0.3 is 6.03 Å². The van der Waals surface area contributed by atoms with E-state index in [-0.39, 0.29) is 6.03 Å². The number of hydrogen-bond acceptors (Lipinski definition) is 1. The Morgan fingerprint density at radius 3 is 2.38 bits per heavy atom. The summed E-state index contributed by atoms with van der Waals surface area (Å²) in [6.07, 6.45) is 0. The lowest BCUT2D eigenvalue weighted by Gasteiger charge is -2.10. The third kappa shape index (κ3) is 4.50. The third-order valence-corrected chi connectivity index (χ3v) is 3.55. The van der Waals surface area contributed by atoms with Crippen LogP contribution in [0.2, 0.25) is 5.02 Å². The van der Waals surface area contributed by atoms with Crippen molar-refractivity contribution >= 4 is 23.3 Å². The zero-order valence-corrected chi connectivity index (χ0v) is 12.9. The van der Waals surface area contributed by atoms with Gasteiger partial charge in [-0.05, 0) is 29.2 Å². The molecular formula is C17H19ClN2O. The Balaban J connectivity index is 1.88. The highest BCUT2D eigenvalue weighted by Crippen LogP contribution is 2.20.